The van der Waals surface area contributed by atoms with E-state index in [0.29, 0.717) is 18.1 Å². The lowest BCUT2D eigenvalue weighted by atomic mass is 10.1. The summed E-state index contributed by atoms with van der Waals surface area (Å²) in [7, 11) is 0. The lowest BCUT2D eigenvalue weighted by Crippen LogP contribution is -1.98. The van der Waals surface area contributed by atoms with Crippen LogP contribution in [0.25, 0.3) is 0 Å². The van der Waals surface area contributed by atoms with E-state index < -0.39 is 0 Å². The summed E-state index contributed by atoms with van der Waals surface area (Å²) in [5, 5.41) is 12.5. The van der Waals surface area contributed by atoms with Crippen LogP contribution >= 0.6 is 0 Å². The maximum absolute atomic E-state index is 8.79. The summed E-state index contributed by atoms with van der Waals surface area (Å²) >= 11 is 0. The van der Waals surface area contributed by atoms with Crippen LogP contribution in [-0.2, 0) is 13.0 Å². The van der Waals surface area contributed by atoms with Gasteiger partial charge in [0.25, 0.3) is 0 Å². The highest BCUT2D eigenvalue weighted by Crippen LogP contribution is 2.13. The van der Waals surface area contributed by atoms with Crippen molar-refractivity contribution in [1.82, 2.24) is 10.1 Å². The highest BCUT2D eigenvalue weighted by molar-refractivity contribution is 5.27. The van der Waals surface area contributed by atoms with E-state index in [4.69, 9.17) is 14.4 Å². The van der Waals surface area contributed by atoms with Crippen molar-refractivity contribution in [1.29, 1.82) is 0 Å². The zero-order chi connectivity index (χ0) is 12.1. The van der Waals surface area contributed by atoms with Crippen LogP contribution in [0.3, 0.4) is 0 Å². The molecule has 1 heterocycles. The minimum atomic E-state index is 0.155. The molecule has 0 saturated carbocycles. The van der Waals surface area contributed by atoms with Crippen LogP contribution in [0.15, 0.2) is 28.8 Å². The lowest BCUT2D eigenvalue weighted by Gasteiger charge is -2.04. The maximum atomic E-state index is 8.79. The van der Waals surface area contributed by atoms with E-state index in [-0.39, 0.29) is 13.2 Å². The number of aliphatic hydroxyl groups excluding tert-OH is 1. The molecule has 0 radical (unpaired) electrons. The van der Waals surface area contributed by atoms with Gasteiger partial charge in [0.1, 0.15) is 5.75 Å². The molecule has 5 heteroatoms. The third-order valence-corrected chi connectivity index (χ3v) is 2.26. The Hall–Kier alpha value is -1.88. The number of ether oxygens (including phenoxy) is 1. The summed E-state index contributed by atoms with van der Waals surface area (Å²) < 4.78 is 10.3. The van der Waals surface area contributed by atoms with Gasteiger partial charge in [-0.05, 0) is 24.1 Å². The van der Waals surface area contributed by atoms with Crippen molar-refractivity contribution in [3.05, 3.63) is 41.5 Å². The molecule has 2 aromatic rings. The molecular formula is C12H14N2O3. The van der Waals surface area contributed by atoms with Gasteiger partial charge in [-0.1, -0.05) is 17.3 Å². The molecule has 1 N–H and O–H groups in total. The standard InChI is InChI=1S/C12H14N2O3/c1-9-13-12(14-17-9)8-16-11-4-2-10(3-5-11)6-7-15/h2-5,15H,6-8H2,1H3. The first-order chi connectivity index (χ1) is 8.28. The molecule has 1 aromatic heterocycles. The Morgan fingerprint density at radius 2 is 2.06 bits per heavy atom. The average Bonchev–Trinajstić information content (AvgIpc) is 2.75. The van der Waals surface area contributed by atoms with Gasteiger partial charge in [-0.2, -0.15) is 4.98 Å². The summed E-state index contributed by atoms with van der Waals surface area (Å²) in [5.74, 6) is 1.80. The molecule has 90 valence electrons. The zero-order valence-corrected chi connectivity index (χ0v) is 9.59. The number of hydrogen-bond donors (Lipinski definition) is 1. The third-order valence-electron chi connectivity index (χ3n) is 2.26. The van der Waals surface area contributed by atoms with Crippen LogP contribution in [0.5, 0.6) is 5.75 Å². The number of aryl methyl sites for hydroxylation is 1. The molecule has 0 atom stereocenters. The van der Waals surface area contributed by atoms with Crippen LogP contribution < -0.4 is 4.74 Å². The molecule has 0 saturated heterocycles. The summed E-state index contributed by atoms with van der Waals surface area (Å²) in [5.41, 5.74) is 1.08. The maximum Gasteiger partial charge on any atom is 0.223 e. The summed E-state index contributed by atoms with van der Waals surface area (Å²) in [6, 6.07) is 7.57. The van der Waals surface area contributed by atoms with Crippen molar-refractivity contribution in [3.8, 4) is 5.75 Å². The Morgan fingerprint density at radius 1 is 1.29 bits per heavy atom. The molecule has 17 heavy (non-hydrogen) atoms. The smallest absolute Gasteiger partial charge is 0.223 e. The number of benzene rings is 1. The van der Waals surface area contributed by atoms with Gasteiger partial charge in [0.05, 0.1) is 0 Å². The quantitative estimate of drug-likeness (QED) is 0.848. The van der Waals surface area contributed by atoms with Gasteiger partial charge in [-0.15, -0.1) is 0 Å². The molecule has 5 nitrogen and oxygen atoms in total. The van der Waals surface area contributed by atoms with E-state index in [1.54, 1.807) is 6.92 Å². The van der Waals surface area contributed by atoms with Gasteiger partial charge in [-0.3, -0.25) is 0 Å². The van der Waals surface area contributed by atoms with Gasteiger partial charge in [0, 0.05) is 13.5 Å². The van der Waals surface area contributed by atoms with E-state index in [0.717, 1.165) is 11.3 Å². The largest absolute Gasteiger partial charge is 0.485 e. The second-order valence-corrected chi connectivity index (χ2v) is 3.64. The normalized spacial score (nSPS) is 10.5. The molecule has 0 spiro atoms. The summed E-state index contributed by atoms with van der Waals surface area (Å²) in [6.07, 6.45) is 0.657. The summed E-state index contributed by atoms with van der Waals surface area (Å²) in [6.45, 7) is 2.18. The van der Waals surface area contributed by atoms with Crippen LogP contribution in [-0.4, -0.2) is 21.9 Å². The van der Waals surface area contributed by atoms with E-state index in [9.17, 15) is 0 Å². The van der Waals surface area contributed by atoms with Crippen molar-refractivity contribution in [3.63, 3.8) is 0 Å². The molecule has 0 fully saturated rings. The topological polar surface area (TPSA) is 68.4 Å². The van der Waals surface area contributed by atoms with Crippen molar-refractivity contribution in [2.24, 2.45) is 0 Å². The predicted octanol–water partition coefficient (Wildman–Crippen LogP) is 1.49. The second-order valence-electron chi connectivity index (χ2n) is 3.64. The van der Waals surface area contributed by atoms with Gasteiger partial charge in [-0.25, -0.2) is 0 Å². The van der Waals surface area contributed by atoms with Gasteiger partial charge in [0.2, 0.25) is 11.7 Å². The van der Waals surface area contributed by atoms with Crippen LogP contribution in [0.2, 0.25) is 0 Å². The molecule has 0 aliphatic heterocycles. The lowest BCUT2D eigenvalue weighted by molar-refractivity contribution is 0.285. The van der Waals surface area contributed by atoms with Crippen LogP contribution in [0.4, 0.5) is 0 Å². The van der Waals surface area contributed by atoms with Crippen molar-refractivity contribution < 1.29 is 14.4 Å². The van der Waals surface area contributed by atoms with E-state index in [1.807, 2.05) is 24.3 Å². The first-order valence-electron chi connectivity index (χ1n) is 5.40. The highest BCUT2D eigenvalue weighted by Gasteiger charge is 2.03. The molecule has 0 bridgehead atoms. The van der Waals surface area contributed by atoms with E-state index in [1.165, 1.54) is 0 Å². The molecule has 0 aliphatic rings. The molecular weight excluding hydrogens is 220 g/mol. The van der Waals surface area contributed by atoms with Crippen LogP contribution in [0, 0.1) is 6.92 Å². The number of rotatable bonds is 5. The number of nitrogens with zero attached hydrogens (tertiary/aromatic N) is 2. The Bertz CT molecular complexity index is 465. The van der Waals surface area contributed by atoms with E-state index >= 15 is 0 Å². The fourth-order valence-corrected chi connectivity index (χ4v) is 1.43. The fourth-order valence-electron chi connectivity index (χ4n) is 1.43. The zero-order valence-electron chi connectivity index (χ0n) is 9.59. The molecule has 0 unspecified atom stereocenters. The van der Waals surface area contributed by atoms with Crippen LogP contribution in [0.1, 0.15) is 17.3 Å². The van der Waals surface area contributed by atoms with Crippen molar-refractivity contribution in [2.75, 3.05) is 6.61 Å². The average molecular weight is 234 g/mol. The Labute approximate surface area is 99.0 Å². The fraction of sp³-hybridized carbons (Fsp3) is 0.333. The number of hydrogen-bond acceptors (Lipinski definition) is 5. The molecule has 0 aliphatic carbocycles. The minimum Gasteiger partial charge on any atom is -0.485 e. The molecule has 0 amide bonds. The molecule has 1 aromatic carbocycles. The first-order valence-corrected chi connectivity index (χ1v) is 5.40. The number of aromatic nitrogens is 2. The third kappa shape index (κ3) is 3.29. The number of aliphatic hydroxyl groups is 1. The Balaban J connectivity index is 1.90. The van der Waals surface area contributed by atoms with Gasteiger partial charge < -0.3 is 14.4 Å². The minimum absolute atomic E-state index is 0.155. The first kappa shape index (κ1) is 11.6. The second kappa shape index (κ2) is 5.45. The highest BCUT2D eigenvalue weighted by atomic mass is 16.5. The Morgan fingerprint density at radius 3 is 2.65 bits per heavy atom. The predicted molar refractivity (Wildman–Crippen MR) is 60.6 cm³/mol. The van der Waals surface area contributed by atoms with Crippen molar-refractivity contribution in [2.45, 2.75) is 20.0 Å². The van der Waals surface area contributed by atoms with Crippen molar-refractivity contribution >= 4 is 0 Å². The summed E-state index contributed by atoms with van der Waals surface area (Å²) in [4.78, 5) is 4.04. The Kier molecular flexibility index (Phi) is 3.72. The SMILES string of the molecule is Cc1nc(COc2ccc(CCO)cc2)no1. The molecule has 2 rings (SSSR count). The van der Waals surface area contributed by atoms with Gasteiger partial charge >= 0.3 is 0 Å². The monoisotopic (exact) mass is 234 g/mol. The van der Waals surface area contributed by atoms with Gasteiger partial charge in [0.15, 0.2) is 6.61 Å². The van der Waals surface area contributed by atoms with E-state index in [2.05, 4.69) is 10.1 Å².